The number of nitrogens with zero attached hydrogens (tertiary/aromatic N) is 1. The van der Waals surface area contributed by atoms with Crippen molar-refractivity contribution in [2.24, 2.45) is 0 Å². The van der Waals surface area contributed by atoms with Gasteiger partial charge in [-0.05, 0) is 35.6 Å². The molecule has 0 spiro atoms. The van der Waals surface area contributed by atoms with Crippen LogP contribution in [0.2, 0.25) is 0 Å². The minimum Gasteiger partial charge on any atom is -0.484 e. The van der Waals surface area contributed by atoms with Gasteiger partial charge in [-0.1, -0.05) is 12.1 Å². The van der Waals surface area contributed by atoms with Crippen LogP contribution in [-0.4, -0.2) is 65.8 Å². The van der Waals surface area contributed by atoms with Crippen LogP contribution in [0.1, 0.15) is 23.0 Å². The Kier molecular flexibility index (Phi) is 7.10. The van der Waals surface area contributed by atoms with Gasteiger partial charge < -0.3 is 19.5 Å². The summed E-state index contributed by atoms with van der Waals surface area (Å²) in [4.78, 5) is 24.9. The normalized spacial score (nSPS) is 21.4. The smallest absolute Gasteiger partial charge is 0.305 e. The molecule has 0 saturated carbocycles. The van der Waals surface area contributed by atoms with E-state index in [1.54, 1.807) is 4.90 Å². The monoisotopic (exact) mass is 397 g/mol. The van der Waals surface area contributed by atoms with Crippen molar-refractivity contribution in [2.75, 3.05) is 37.9 Å². The van der Waals surface area contributed by atoms with E-state index in [9.17, 15) is 9.59 Å². The fourth-order valence-corrected chi connectivity index (χ4v) is 5.88. The third kappa shape index (κ3) is 5.31. The topological polar surface area (TPSA) is 76.1 Å². The molecule has 0 bridgehead atoms. The summed E-state index contributed by atoms with van der Waals surface area (Å²) in [7, 11) is 0. The maximum absolute atomic E-state index is 12.4. The molecule has 0 radical (unpaired) electrons. The molecule has 1 atom stereocenters. The van der Waals surface area contributed by atoms with Gasteiger partial charge in [0.05, 0.1) is 30.3 Å². The van der Waals surface area contributed by atoms with Crippen LogP contribution < -0.4 is 4.74 Å². The molecule has 0 aliphatic carbocycles. The second-order valence-corrected chi connectivity index (χ2v) is 8.92. The molecule has 1 N–H and O–H groups in total. The highest BCUT2D eigenvalue weighted by atomic mass is 32.2. The summed E-state index contributed by atoms with van der Waals surface area (Å²) in [5.41, 5.74) is 1.27. The minimum atomic E-state index is -0.937. The van der Waals surface area contributed by atoms with E-state index in [0.29, 0.717) is 23.5 Å². The van der Waals surface area contributed by atoms with Crippen molar-refractivity contribution in [2.45, 2.75) is 23.5 Å². The van der Waals surface area contributed by atoms with Crippen LogP contribution in [0.5, 0.6) is 5.75 Å². The molecule has 142 valence electrons. The highest BCUT2D eigenvalue weighted by Gasteiger charge is 2.29. The molecule has 2 saturated heterocycles. The van der Waals surface area contributed by atoms with E-state index >= 15 is 0 Å². The first-order valence-electron chi connectivity index (χ1n) is 8.68. The number of hydrogen-bond donors (Lipinski definition) is 1. The van der Waals surface area contributed by atoms with E-state index in [1.165, 1.54) is 23.5 Å². The highest BCUT2D eigenvalue weighted by molar-refractivity contribution is 8.16. The van der Waals surface area contributed by atoms with Crippen LogP contribution in [0.3, 0.4) is 0 Å². The van der Waals surface area contributed by atoms with Gasteiger partial charge in [0.1, 0.15) is 5.75 Å². The molecule has 1 amide bonds. The van der Waals surface area contributed by atoms with E-state index in [2.05, 4.69) is 12.1 Å². The lowest BCUT2D eigenvalue weighted by molar-refractivity contribution is -0.147. The maximum Gasteiger partial charge on any atom is 0.305 e. The lowest BCUT2D eigenvalue weighted by Crippen LogP contribution is -2.51. The van der Waals surface area contributed by atoms with Crippen LogP contribution in [0, 0.1) is 0 Å². The van der Waals surface area contributed by atoms with Crippen molar-refractivity contribution in [1.82, 2.24) is 4.90 Å². The van der Waals surface area contributed by atoms with Crippen molar-refractivity contribution >= 4 is 35.4 Å². The van der Waals surface area contributed by atoms with Crippen LogP contribution in [0.4, 0.5) is 0 Å². The third-order valence-electron chi connectivity index (χ3n) is 4.30. The molecule has 8 heteroatoms. The Morgan fingerprint density at radius 1 is 1.23 bits per heavy atom. The zero-order valence-corrected chi connectivity index (χ0v) is 16.1. The zero-order chi connectivity index (χ0) is 18.4. The summed E-state index contributed by atoms with van der Waals surface area (Å²) in [5, 5.41) is 8.98. The predicted octanol–water partition coefficient (Wildman–Crippen LogP) is 2.64. The second kappa shape index (κ2) is 9.53. The minimum absolute atomic E-state index is 0.0948. The first-order chi connectivity index (χ1) is 12.6. The number of carbonyl (C=O) groups is 2. The number of ether oxygens (including phenoxy) is 2. The molecule has 2 aliphatic rings. The van der Waals surface area contributed by atoms with E-state index in [1.807, 2.05) is 35.7 Å². The standard InChI is InChI=1S/C18H23NO5S2/c20-16(19-6-7-23-11-14(19)10-17(21)22)12-24-15-4-2-13(3-5-15)18-25-8-1-9-26-18/h2-5,14,18H,1,6-12H2,(H,21,22). The Bertz CT molecular complexity index is 619. The maximum atomic E-state index is 12.4. The molecular formula is C18H23NO5S2. The first-order valence-corrected chi connectivity index (χ1v) is 10.8. The molecule has 2 heterocycles. The number of morpholine rings is 1. The average molecular weight is 398 g/mol. The summed E-state index contributed by atoms with van der Waals surface area (Å²) in [6, 6.07) is 7.47. The summed E-state index contributed by atoms with van der Waals surface area (Å²) in [5.74, 6) is 1.90. The molecule has 6 nitrogen and oxygen atoms in total. The molecule has 1 unspecified atom stereocenters. The SMILES string of the molecule is O=C(O)CC1COCCN1C(=O)COc1ccc(C2SCCCS2)cc1. The summed E-state index contributed by atoms with van der Waals surface area (Å²) >= 11 is 3.93. The Morgan fingerprint density at radius 2 is 1.96 bits per heavy atom. The number of carbonyl (C=O) groups excluding carboxylic acids is 1. The third-order valence-corrected chi connectivity index (χ3v) is 7.31. The van der Waals surface area contributed by atoms with Crippen molar-refractivity contribution in [1.29, 1.82) is 0 Å². The highest BCUT2D eigenvalue weighted by Crippen LogP contribution is 2.43. The van der Waals surface area contributed by atoms with Crippen LogP contribution in [-0.2, 0) is 14.3 Å². The molecule has 1 aromatic rings. The van der Waals surface area contributed by atoms with E-state index in [0.717, 1.165) is 0 Å². The number of benzene rings is 1. The molecule has 2 aliphatic heterocycles. The fraction of sp³-hybridized carbons (Fsp3) is 0.556. The number of aliphatic carboxylic acids is 1. The second-order valence-electron chi connectivity index (χ2n) is 6.20. The summed E-state index contributed by atoms with van der Waals surface area (Å²) < 4.78 is 11.4. The van der Waals surface area contributed by atoms with Gasteiger partial charge in [0.2, 0.25) is 0 Å². The van der Waals surface area contributed by atoms with E-state index in [4.69, 9.17) is 14.6 Å². The average Bonchev–Trinajstić information content (AvgIpc) is 2.67. The number of amides is 1. The lowest BCUT2D eigenvalue weighted by Gasteiger charge is -2.34. The number of rotatable bonds is 6. The number of thioether (sulfide) groups is 2. The van der Waals surface area contributed by atoms with Gasteiger partial charge >= 0.3 is 5.97 Å². The number of hydrogen-bond acceptors (Lipinski definition) is 6. The van der Waals surface area contributed by atoms with E-state index < -0.39 is 12.0 Å². The first kappa shape index (κ1) is 19.4. The lowest BCUT2D eigenvalue weighted by atomic mass is 10.1. The van der Waals surface area contributed by atoms with Gasteiger partial charge in [-0.2, -0.15) is 0 Å². The van der Waals surface area contributed by atoms with Gasteiger partial charge in [0, 0.05) is 6.54 Å². The molecule has 1 aromatic carbocycles. The molecule has 3 rings (SSSR count). The Balaban J connectivity index is 1.52. The Hall–Kier alpha value is -1.38. The van der Waals surface area contributed by atoms with Gasteiger partial charge in [0.15, 0.2) is 6.61 Å². The van der Waals surface area contributed by atoms with Crippen molar-refractivity contribution in [3.63, 3.8) is 0 Å². The van der Waals surface area contributed by atoms with Crippen LogP contribution in [0.15, 0.2) is 24.3 Å². The summed E-state index contributed by atoms with van der Waals surface area (Å²) in [6.07, 6.45) is 1.15. The fourth-order valence-electron chi connectivity index (χ4n) is 2.98. The van der Waals surface area contributed by atoms with Crippen LogP contribution in [0.25, 0.3) is 0 Å². The Morgan fingerprint density at radius 3 is 2.65 bits per heavy atom. The van der Waals surface area contributed by atoms with Crippen molar-refractivity contribution in [3.05, 3.63) is 29.8 Å². The number of carboxylic acid groups (broad SMARTS) is 1. The van der Waals surface area contributed by atoms with E-state index in [-0.39, 0.29) is 25.5 Å². The molecular weight excluding hydrogens is 374 g/mol. The van der Waals surface area contributed by atoms with Crippen LogP contribution >= 0.6 is 23.5 Å². The van der Waals surface area contributed by atoms with Gasteiger partial charge in [-0.3, -0.25) is 9.59 Å². The van der Waals surface area contributed by atoms with Gasteiger partial charge in [-0.15, -0.1) is 23.5 Å². The van der Waals surface area contributed by atoms with Crippen molar-refractivity contribution in [3.8, 4) is 5.75 Å². The largest absolute Gasteiger partial charge is 0.484 e. The summed E-state index contributed by atoms with van der Waals surface area (Å²) in [6.45, 7) is 0.980. The molecule has 26 heavy (non-hydrogen) atoms. The Labute approximate surface area is 161 Å². The van der Waals surface area contributed by atoms with Gasteiger partial charge in [-0.25, -0.2) is 0 Å². The van der Waals surface area contributed by atoms with Gasteiger partial charge in [0.25, 0.3) is 5.91 Å². The molecule has 0 aromatic heterocycles. The zero-order valence-electron chi connectivity index (χ0n) is 14.5. The van der Waals surface area contributed by atoms with Crippen molar-refractivity contribution < 1.29 is 24.2 Å². The predicted molar refractivity (Wildman–Crippen MR) is 103 cm³/mol. The quantitative estimate of drug-likeness (QED) is 0.791. The number of carboxylic acids is 1. The molecule has 2 fully saturated rings.